The van der Waals surface area contributed by atoms with Crippen LogP contribution in [0, 0.1) is 0 Å². The maximum Gasteiger partial charge on any atom is 0.246 e. The van der Waals surface area contributed by atoms with Gasteiger partial charge >= 0.3 is 0 Å². The topological polar surface area (TPSA) is 97.1 Å². The predicted octanol–water partition coefficient (Wildman–Crippen LogP) is 2.20. The highest BCUT2D eigenvalue weighted by Gasteiger charge is 2.46. The van der Waals surface area contributed by atoms with Crippen molar-refractivity contribution >= 4 is 34.0 Å². The fourth-order valence-electron chi connectivity index (χ4n) is 1.97. The lowest BCUT2D eigenvalue weighted by molar-refractivity contribution is -0.118. The van der Waals surface area contributed by atoms with Crippen LogP contribution in [-0.4, -0.2) is 22.3 Å². The molecule has 1 heterocycles. The molecule has 1 aromatic heterocycles. The lowest BCUT2D eigenvalue weighted by Crippen LogP contribution is -2.37. The predicted molar refractivity (Wildman–Crippen MR) is 86.6 cm³/mol. The van der Waals surface area contributed by atoms with E-state index in [0.717, 1.165) is 29.8 Å². The van der Waals surface area contributed by atoms with Crippen LogP contribution >= 0.6 is 11.3 Å². The highest BCUT2D eigenvalue weighted by Crippen LogP contribution is 2.34. The van der Waals surface area contributed by atoms with Crippen molar-refractivity contribution < 1.29 is 9.59 Å². The molecule has 22 heavy (non-hydrogen) atoms. The number of nitrogens with one attached hydrogen (secondary N) is 2. The third-order valence-corrected chi connectivity index (χ3v) is 4.22. The lowest BCUT2D eigenvalue weighted by atomic mass is 10.1. The van der Waals surface area contributed by atoms with Crippen molar-refractivity contribution in [3.63, 3.8) is 0 Å². The van der Waals surface area contributed by atoms with E-state index in [9.17, 15) is 9.59 Å². The minimum absolute atomic E-state index is 0.109. The van der Waals surface area contributed by atoms with Gasteiger partial charge < -0.3 is 16.4 Å². The first-order valence-electron chi connectivity index (χ1n) is 6.90. The van der Waals surface area contributed by atoms with Gasteiger partial charge in [0.15, 0.2) is 5.13 Å². The summed E-state index contributed by atoms with van der Waals surface area (Å²) in [5, 5.41) is 7.89. The van der Waals surface area contributed by atoms with Gasteiger partial charge in [0, 0.05) is 23.6 Å². The number of rotatable bonds is 4. The summed E-state index contributed by atoms with van der Waals surface area (Å²) in [5.41, 5.74) is 7.57. The molecule has 1 aliphatic carbocycles. The Labute approximate surface area is 131 Å². The second-order valence-electron chi connectivity index (χ2n) is 5.41. The molecule has 7 heteroatoms. The Balaban J connectivity index is 1.70. The van der Waals surface area contributed by atoms with Crippen LogP contribution in [0.1, 0.15) is 19.8 Å². The summed E-state index contributed by atoms with van der Waals surface area (Å²) in [7, 11) is 0. The van der Waals surface area contributed by atoms with Crippen molar-refractivity contribution in [1.82, 2.24) is 4.98 Å². The van der Waals surface area contributed by atoms with Gasteiger partial charge in [0.05, 0.1) is 11.2 Å². The van der Waals surface area contributed by atoms with Crippen LogP contribution in [0.15, 0.2) is 29.6 Å². The second kappa shape index (κ2) is 5.51. The molecule has 1 saturated carbocycles. The molecule has 3 rings (SSSR count). The zero-order valence-electron chi connectivity index (χ0n) is 12.1. The van der Waals surface area contributed by atoms with Crippen LogP contribution in [0.4, 0.5) is 10.8 Å². The average molecular weight is 316 g/mol. The number of hydrogen-bond donors (Lipinski definition) is 3. The van der Waals surface area contributed by atoms with E-state index < -0.39 is 5.54 Å². The van der Waals surface area contributed by atoms with Gasteiger partial charge in [-0.05, 0) is 25.0 Å². The normalized spacial score (nSPS) is 15.2. The van der Waals surface area contributed by atoms with Gasteiger partial charge in [0.2, 0.25) is 11.8 Å². The quantitative estimate of drug-likeness (QED) is 0.805. The largest absolute Gasteiger partial charge is 0.326 e. The highest BCUT2D eigenvalue weighted by atomic mass is 32.1. The fourth-order valence-corrected chi connectivity index (χ4v) is 2.69. The molecule has 1 aromatic carbocycles. The number of amides is 2. The van der Waals surface area contributed by atoms with Crippen LogP contribution in [-0.2, 0) is 9.59 Å². The summed E-state index contributed by atoms with van der Waals surface area (Å²) in [6, 6.07) is 7.37. The Morgan fingerprint density at radius 1 is 1.23 bits per heavy atom. The molecule has 0 atom stereocenters. The molecule has 0 aliphatic heterocycles. The number of nitrogens with zero attached hydrogens (tertiary/aromatic N) is 1. The van der Waals surface area contributed by atoms with E-state index in [1.807, 2.05) is 29.6 Å². The van der Waals surface area contributed by atoms with E-state index in [0.29, 0.717) is 5.13 Å². The van der Waals surface area contributed by atoms with E-state index in [2.05, 4.69) is 15.6 Å². The monoisotopic (exact) mass is 316 g/mol. The van der Waals surface area contributed by atoms with E-state index >= 15 is 0 Å². The number of thiazole rings is 1. The molecule has 2 aromatic rings. The van der Waals surface area contributed by atoms with E-state index in [1.54, 1.807) is 0 Å². The van der Waals surface area contributed by atoms with Crippen molar-refractivity contribution in [3.05, 3.63) is 29.6 Å². The van der Waals surface area contributed by atoms with E-state index in [-0.39, 0.29) is 11.8 Å². The smallest absolute Gasteiger partial charge is 0.246 e. The molecular formula is C15H16N4O2S. The fraction of sp³-hybridized carbons (Fsp3) is 0.267. The summed E-state index contributed by atoms with van der Waals surface area (Å²) < 4.78 is 0. The number of hydrogen-bond acceptors (Lipinski definition) is 5. The van der Waals surface area contributed by atoms with Crippen LogP contribution < -0.4 is 16.4 Å². The minimum Gasteiger partial charge on any atom is -0.326 e. The molecule has 1 aliphatic rings. The van der Waals surface area contributed by atoms with Gasteiger partial charge in [0.1, 0.15) is 0 Å². The molecule has 0 unspecified atom stereocenters. The molecular weight excluding hydrogens is 300 g/mol. The van der Waals surface area contributed by atoms with Gasteiger partial charge in [-0.25, -0.2) is 4.98 Å². The Morgan fingerprint density at radius 2 is 1.91 bits per heavy atom. The van der Waals surface area contributed by atoms with Gasteiger partial charge in [-0.1, -0.05) is 12.1 Å². The third kappa shape index (κ3) is 3.15. The zero-order chi connectivity index (χ0) is 15.7. The SMILES string of the molecule is CC(=O)Nc1ccc(-c2csc(NC(=O)C3(N)CC3)n2)cc1. The Hall–Kier alpha value is -2.25. The molecule has 114 valence electrons. The van der Waals surface area contributed by atoms with Crippen molar-refractivity contribution in [2.45, 2.75) is 25.3 Å². The average Bonchev–Trinajstić information content (AvgIpc) is 3.06. The van der Waals surface area contributed by atoms with E-state index in [1.165, 1.54) is 18.3 Å². The Kier molecular flexibility index (Phi) is 3.67. The molecule has 0 spiro atoms. The van der Waals surface area contributed by atoms with Crippen LogP contribution in [0.25, 0.3) is 11.3 Å². The molecule has 6 nitrogen and oxygen atoms in total. The van der Waals surface area contributed by atoms with Crippen LogP contribution in [0.3, 0.4) is 0 Å². The van der Waals surface area contributed by atoms with Gasteiger partial charge in [-0.15, -0.1) is 11.3 Å². The van der Waals surface area contributed by atoms with Gasteiger partial charge in [-0.2, -0.15) is 0 Å². The summed E-state index contributed by atoms with van der Waals surface area (Å²) in [6.45, 7) is 1.47. The van der Waals surface area contributed by atoms with Crippen molar-refractivity contribution in [2.75, 3.05) is 10.6 Å². The van der Waals surface area contributed by atoms with Crippen molar-refractivity contribution in [2.24, 2.45) is 5.73 Å². The molecule has 4 N–H and O–H groups in total. The minimum atomic E-state index is -0.703. The first-order valence-corrected chi connectivity index (χ1v) is 7.78. The number of benzene rings is 1. The third-order valence-electron chi connectivity index (χ3n) is 3.47. The highest BCUT2D eigenvalue weighted by molar-refractivity contribution is 7.14. The number of anilines is 2. The second-order valence-corrected chi connectivity index (χ2v) is 6.26. The maximum absolute atomic E-state index is 11.9. The molecule has 0 bridgehead atoms. The molecule has 2 amide bonds. The van der Waals surface area contributed by atoms with E-state index in [4.69, 9.17) is 5.73 Å². The number of aromatic nitrogens is 1. The first kappa shape index (κ1) is 14.7. The molecule has 1 fully saturated rings. The summed E-state index contributed by atoms with van der Waals surface area (Å²) in [4.78, 5) is 27.3. The number of carbonyl (C=O) groups excluding carboxylic acids is 2. The lowest BCUT2D eigenvalue weighted by Gasteiger charge is -2.06. The summed E-state index contributed by atoms with van der Waals surface area (Å²) in [5.74, 6) is -0.281. The zero-order valence-corrected chi connectivity index (χ0v) is 12.9. The molecule has 0 radical (unpaired) electrons. The van der Waals surface area contributed by atoms with Crippen LogP contribution in [0.2, 0.25) is 0 Å². The Bertz CT molecular complexity index is 719. The number of nitrogens with two attached hydrogens (primary N) is 1. The van der Waals surface area contributed by atoms with Crippen molar-refractivity contribution in [3.8, 4) is 11.3 Å². The molecule has 0 saturated heterocycles. The number of carbonyl (C=O) groups is 2. The first-order chi connectivity index (χ1) is 10.5. The summed E-state index contributed by atoms with van der Waals surface area (Å²) >= 11 is 1.36. The van der Waals surface area contributed by atoms with Gasteiger partial charge in [-0.3, -0.25) is 9.59 Å². The van der Waals surface area contributed by atoms with Gasteiger partial charge in [0.25, 0.3) is 0 Å². The maximum atomic E-state index is 11.9. The standard InChI is InChI=1S/C15H16N4O2S/c1-9(20)17-11-4-2-10(3-5-11)12-8-22-14(18-12)19-13(21)15(16)6-7-15/h2-5,8H,6-7,16H2,1H3,(H,17,20)(H,18,19,21). The summed E-state index contributed by atoms with van der Waals surface area (Å²) in [6.07, 6.45) is 1.45. The van der Waals surface area contributed by atoms with Crippen LogP contribution in [0.5, 0.6) is 0 Å². The van der Waals surface area contributed by atoms with Crippen molar-refractivity contribution in [1.29, 1.82) is 0 Å². The Morgan fingerprint density at radius 3 is 2.50 bits per heavy atom.